The molecule has 0 radical (unpaired) electrons. The van der Waals surface area contributed by atoms with Crippen LogP contribution in [0.5, 0.6) is 0 Å². The maximum absolute atomic E-state index is 13.6. The number of fused-ring (bicyclic) bond motifs is 1. The molecule has 8 heteroatoms. The van der Waals surface area contributed by atoms with Crippen LogP contribution in [0, 0.1) is 11.6 Å². The van der Waals surface area contributed by atoms with Gasteiger partial charge in [-0.2, -0.15) is 0 Å². The van der Waals surface area contributed by atoms with Gasteiger partial charge in [0.15, 0.2) is 5.82 Å². The Bertz CT molecular complexity index is 865. The highest BCUT2D eigenvalue weighted by Crippen LogP contribution is 2.28. The number of nitrogens with zero attached hydrogens (tertiary/aromatic N) is 1. The lowest BCUT2D eigenvalue weighted by Crippen LogP contribution is -2.29. The first kappa shape index (κ1) is 15.7. The lowest BCUT2D eigenvalue weighted by Gasteiger charge is -2.05. The minimum Gasteiger partial charge on any atom is -0.273 e. The van der Waals surface area contributed by atoms with E-state index in [4.69, 9.17) is 0 Å². The van der Waals surface area contributed by atoms with E-state index in [9.17, 15) is 13.6 Å². The lowest BCUT2D eigenvalue weighted by atomic mass is 10.2. The highest BCUT2D eigenvalue weighted by molar-refractivity contribution is 7.98. The predicted molar refractivity (Wildman–Crippen MR) is 88.8 cm³/mol. The number of hydrogen-bond acceptors (Lipinski definition) is 5. The highest BCUT2D eigenvalue weighted by Gasteiger charge is 2.11. The van der Waals surface area contributed by atoms with E-state index in [-0.39, 0.29) is 16.6 Å². The van der Waals surface area contributed by atoms with Crippen molar-refractivity contribution in [3.8, 4) is 0 Å². The van der Waals surface area contributed by atoms with Crippen LogP contribution in [0.25, 0.3) is 10.2 Å². The summed E-state index contributed by atoms with van der Waals surface area (Å²) < 4.78 is 27.1. The van der Waals surface area contributed by atoms with E-state index in [1.165, 1.54) is 6.07 Å². The first-order valence-electron chi connectivity index (χ1n) is 6.53. The maximum Gasteiger partial charge on any atom is 0.269 e. The smallest absolute Gasteiger partial charge is 0.269 e. The molecule has 0 atom stereocenters. The fraction of sp³-hybridized carbons (Fsp3) is 0.0667. The summed E-state index contributed by atoms with van der Waals surface area (Å²) in [5.41, 5.74) is 5.65. The summed E-state index contributed by atoms with van der Waals surface area (Å²) in [5.74, 6) is -1.74. The molecule has 23 heavy (non-hydrogen) atoms. The topological polar surface area (TPSA) is 54.0 Å². The van der Waals surface area contributed by atoms with Gasteiger partial charge in [0.2, 0.25) is 5.13 Å². The van der Waals surface area contributed by atoms with Crippen molar-refractivity contribution in [3.63, 3.8) is 0 Å². The van der Waals surface area contributed by atoms with Crippen molar-refractivity contribution < 1.29 is 13.6 Å². The van der Waals surface area contributed by atoms with Gasteiger partial charge in [-0.25, -0.2) is 13.8 Å². The molecule has 118 valence electrons. The Kier molecular flexibility index (Phi) is 4.44. The van der Waals surface area contributed by atoms with Gasteiger partial charge in [0, 0.05) is 16.5 Å². The van der Waals surface area contributed by atoms with Crippen molar-refractivity contribution in [2.75, 3.05) is 11.7 Å². The van der Waals surface area contributed by atoms with Crippen LogP contribution in [0.1, 0.15) is 10.4 Å². The van der Waals surface area contributed by atoms with Crippen molar-refractivity contribution in [2.24, 2.45) is 0 Å². The minimum atomic E-state index is -0.733. The van der Waals surface area contributed by atoms with Crippen LogP contribution < -0.4 is 10.9 Å². The Balaban J connectivity index is 1.72. The quantitative estimate of drug-likeness (QED) is 0.550. The molecule has 0 spiro atoms. The van der Waals surface area contributed by atoms with Crippen LogP contribution >= 0.6 is 23.1 Å². The molecule has 0 saturated heterocycles. The van der Waals surface area contributed by atoms with Crippen LogP contribution in [-0.4, -0.2) is 17.1 Å². The molecule has 0 aliphatic rings. The molecule has 3 aromatic rings. The molecule has 0 aliphatic heterocycles. The Morgan fingerprint density at radius 1 is 1.22 bits per heavy atom. The monoisotopic (exact) mass is 351 g/mol. The molecule has 0 fully saturated rings. The van der Waals surface area contributed by atoms with Crippen LogP contribution in [-0.2, 0) is 0 Å². The van der Waals surface area contributed by atoms with Crippen LogP contribution in [0.4, 0.5) is 13.9 Å². The third-order valence-electron chi connectivity index (χ3n) is 3.05. The number of aromatic nitrogens is 1. The summed E-state index contributed by atoms with van der Waals surface area (Å²) >= 11 is 2.63. The third kappa shape index (κ3) is 3.43. The average molecular weight is 351 g/mol. The normalized spacial score (nSPS) is 10.7. The molecule has 0 saturated carbocycles. The average Bonchev–Trinajstić information content (AvgIpc) is 2.96. The SMILES string of the molecule is CSc1ccc(C(=O)NNc2nc3c(F)cc(F)cc3s2)cc1. The van der Waals surface area contributed by atoms with Crippen molar-refractivity contribution >= 4 is 44.4 Å². The molecule has 1 amide bonds. The molecule has 2 aromatic carbocycles. The molecule has 1 aromatic heterocycles. The second-order valence-corrected chi connectivity index (χ2v) is 6.47. The fourth-order valence-electron chi connectivity index (χ4n) is 1.94. The molecule has 0 unspecified atom stereocenters. The maximum atomic E-state index is 13.6. The van der Waals surface area contributed by atoms with E-state index in [1.807, 2.05) is 18.4 Å². The number of halogens is 2. The number of anilines is 1. The zero-order valence-corrected chi connectivity index (χ0v) is 13.5. The Morgan fingerprint density at radius 3 is 2.65 bits per heavy atom. The first-order valence-corrected chi connectivity index (χ1v) is 8.57. The van der Waals surface area contributed by atoms with Crippen LogP contribution in [0.3, 0.4) is 0 Å². The number of thioether (sulfide) groups is 1. The van der Waals surface area contributed by atoms with E-state index in [0.717, 1.165) is 22.3 Å². The van der Waals surface area contributed by atoms with Crippen molar-refractivity contribution in [1.82, 2.24) is 10.4 Å². The van der Waals surface area contributed by atoms with Gasteiger partial charge in [-0.3, -0.25) is 15.6 Å². The van der Waals surface area contributed by atoms with E-state index in [1.54, 1.807) is 23.9 Å². The summed E-state index contributed by atoms with van der Waals surface area (Å²) in [7, 11) is 0. The van der Waals surface area contributed by atoms with E-state index in [0.29, 0.717) is 10.3 Å². The Labute approximate surface area is 138 Å². The number of hydrazine groups is 1. The largest absolute Gasteiger partial charge is 0.273 e. The number of thiazole rings is 1. The van der Waals surface area contributed by atoms with Gasteiger partial charge in [0.25, 0.3) is 5.91 Å². The van der Waals surface area contributed by atoms with Gasteiger partial charge in [-0.05, 0) is 36.6 Å². The summed E-state index contributed by atoms with van der Waals surface area (Å²) in [4.78, 5) is 17.1. The van der Waals surface area contributed by atoms with Gasteiger partial charge in [0.05, 0.1) is 4.70 Å². The first-order chi connectivity index (χ1) is 11.1. The van der Waals surface area contributed by atoms with Crippen molar-refractivity contribution in [3.05, 3.63) is 53.6 Å². The second kappa shape index (κ2) is 6.51. The molecule has 4 nitrogen and oxygen atoms in total. The van der Waals surface area contributed by atoms with Gasteiger partial charge >= 0.3 is 0 Å². The summed E-state index contributed by atoms with van der Waals surface area (Å²) in [6, 6.07) is 9.07. The third-order valence-corrected chi connectivity index (χ3v) is 4.71. The molecule has 2 N–H and O–H groups in total. The molecule has 1 heterocycles. The number of carbonyl (C=O) groups excluding carboxylic acids is 1. The Morgan fingerprint density at radius 2 is 1.96 bits per heavy atom. The highest BCUT2D eigenvalue weighted by atomic mass is 32.2. The van der Waals surface area contributed by atoms with E-state index < -0.39 is 11.6 Å². The molecule has 0 bridgehead atoms. The van der Waals surface area contributed by atoms with Gasteiger partial charge in [0.1, 0.15) is 11.3 Å². The van der Waals surface area contributed by atoms with Crippen molar-refractivity contribution in [1.29, 1.82) is 0 Å². The zero-order valence-electron chi connectivity index (χ0n) is 11.9. The summed E-state index contributed by atoms with van der Waals surface area (Å²) in [6.07, 6.45) is 1.95. The molecule has 0 aliphatic carbocycles. The van der Waals surface area contributed by atoms with E-state index >= 15 is 0 Å². The van der Waals surface area contributed by atoms with Gasteiger partial charge in [-0.1, -0.05) is 11.3 Å². The number of amides is 1. The lowest BCUT2D eigenvalue weighted by molar-refractivity contribution is 0.0962. The number of rotatable bonds is 4. The van der Waals surface area contributed by atoms with E-state index in [2.05, 4.69) is 15.8 Å². The Hall–Kier alpha value is -2.19. The number of carbonyl (C=O) groups is 1. The standard InChI is InChI=1S/C15H11F2N3OS2/c1-22-10-4-2-8(3-5-10)14(21)19-20-15-18-13-11(17)6-9(16)7-12(13)23-15/h2-7H,1H3,(H,18,20)(H,19,21). The second-order valence-electron chi connectivity index (χ2n) is 4.56. The minimum absolute atomic E-state index is 0.0671. The van der Waals surface area contributed by atoms with Gasteiger partial charge < -0.3 is 0 Å². The fourth-order valence-corrected chi connectivity index (χ4v) is 3.20. The summed E-state index contributed by atoms with van der Waals surface area (Å²) in [6.45, 7) is 0. The molecular formula is C15H11F2N3OS2. The van der Waals surface area contributed by atoms with Crippen LogP contribution in [0.2, 0.25) is 0 Å². The zero-order chi connectivity index (χ0) is 16.4. The number of benzene rings is 2. The number of nitrogens with one attached hydrogen (secondary N) is 2. The van der Waals surface area contributed by atoms with Crippen LogP contribution in [0.15, 0.2) is 41.3 Å². The molecular weight excluding hydrogens is 340 g/mol. The molecule has 3 rings (SSSR count). The summed E-state index contributed by atoms with van der Waals surface area (Å²) in [5, 5.41) is 0.276. The predicted octanol–water partition coefficient (Wildman–Crippen LogP) is 4.05. The van der Waals surface area contributed by atoms with Crippen molar-refractivity contribution in [2.45, 2.75) is 4.90 Å². The number of hydrogen-bond donors (Lipinski definition) is 2. The van der Waals surface area contributed by atoms with Gasteiger partial charge in [-0.15, -0.1) is 11.8 Å².